The van der Waals surface area contributed by atoms with Crippen LogP contribution in [0.5, 0.6) is 0 Å². The van der Waals surface area contributed by atoms with Gasteiger partial charge in [-0.05, 0) is 31.9 Å². The van der Waals surface area contributed by atoms with Crippen LogP contribution in [0.25, 0.3) is 10.8 Å². The summed E-state index contributed by atoms with van der Waals surface area (Å²) in [6.45, 7) is 2.48. The fourth-order valence-electron chi connectivity index (χ4n) is 2.72. The molecule has 21 heavy (non-hydrogen) atoms. The zero-order chi connectivity index (χ0) is 15.0. The Morgan fingerprint density at radius 1 is 1.43 bits per heavy atom. The van der Waals surface area contributed by atoms with Crippen molar-refractivity contribution in [1.29, 1.82) is 0 Å². The van der Waals surface area contributed by atoms with Crippen LogP contribution in [-0.2, 0) is 0 Å². The van der Waals surface area contributed by atoms with Gasteiger partial charge in [-0.15, -0.1) is 0 Å². The Morgan fingerprint density at radius 2 is 2.19 bits per heavy atom. The highest BCUT2D eigenvalue weighted by atomic mass is 16.6. The van der Waals surface area contributed by atoms with Gasteiger partial charge in [0.2, 0.25) is 0 Å². The van der Waals surface area contributed by atoms with Crippen LogP contribution in [-0.4, -0.2) is 34.2 Å². The van der Waals surface area contributed by atoms with Gasteiger partial charge in [0, 0.05) is 41.6 Å². The van der Waals surface area contributed by atoms with E-state index in [1.165, 1.54) is 6.07 Å². The van der Waals surface area contributed by atoms with Crippen LogP contribution in [0, 0.1) is 17.0 Å². The summed E-state index contributed by atoms with van der Waals surface area (Å²) < 4.78 is 0. The van der Waals surface area contributed by atoms with E-state index in [2.05, 4.69) is 9.88 Å². The largest absolute Gasteiger partial charge is 0.395 e. The summed E-state index contributed by atoms with van der Waals surface area (Å²) in [5.41, 5.74) is 1.84. The average molecular weight is 287 g/mol. The third-order valence-corrected chi connectivity index (χ3v) is 3.83. The van der Waals surface area contributed by atoms with Gasteiger partial charge in [-0.25, -0.2) is 0 Å². The number of rotatable bonds is 5. The molecule has 1 aliphatic rings. The van der Waals surface area contributed by atoms with Crippen LogP contribution in [0.2, 0.25) is 0 Å². The molecule has 0 bridgehead atoms. The van der Waals surface area contributed by atoms with Crippen molar-refractivity contribution < 1.29 is 10.0 Å². The van der Waals surface area contributed by atoms with Crippen molar-refractivity contribution >= 4 is 22.1 Å². The Labute approximate surface area is 122 Å². The van der Waals surface area contributed by atoms with E-state index in [4.69, 9.17) is 0 Å². The first kappa shape index (κ1) is 13.8. The number of aryl methyl sites for hydroxylation is 1. The lowest BCUT2D eigenvalue weighted by atomic mass is 10.1. The van der Waals surface area contributed by atoms with E-state index in [0.717, 1.165) is 29.6 Å². The Bertz CT molecular complexity index is 698. The summed E-state index contributed by atoms with van der Waals surface area (Å²) in [4.78, 5) is 17.1. The maximum Gasteiger partial charge on any atom is 0.278 e. The number of hydrogen-bond acceptors (Lipinski definition) is 5. The van der Waals surface area contributed by atoms with Crippen molar-refractivity contribution in [3.8, 4) is 0 Å². The lowest BCUT2D eigenvalue weighted by Gasteiger charge is -2.25. The molecule has 1 aliphatic carbocycles. The summed E-state index contributed by atoms with van der Waals surface area (Å²) in [5, 5.41) is 21.8. The summed E-state index contributed by atoms with van der Waals surface area (Å²) >= 11 is 0. The number of anilines is 1. The second-order valence-electron chi connectivity index (χ2n) is 5.38. The van der Waals surface area contributed by atoms with Crippen LogP contribution in [0.3, 0.4) is 0 Å². The maximum absolute atomic E-state index is 11.2. The van der Waals surface area contributed by atoms with E-state index in [1.807, 2.05) is 13.0 Å². The van der Waals surface area contributed by atoms with Crippen LogP contribution >= 0.6 is 0 Å². The molecule has 0 unspecified atom stereocenters. The first-order valence-corrected chi connectivity index (χ1v) is 7.03. The predicted molar refractivity (Wildman–Crippen MR) is 80.6 cm³/mol. The van der Waals surface area contributed by atoms with E-state index < -0.39 is 0 Å². The number of fused-ring (bicyclic) bond motifs is 1. The van der Waals surface area contributed by atoms with Crippen molar-refractivity contribution in [1.82, 2.24) is 4.98 Å². The molecule has 0 atom stereocenters. The molecular weight excluding hydrogens is 270 g/mol. The van der Waals surface area contributed by atoms with Gasteiger partial charge in [0.15, 0.2) is 0 Å². The van der Waals surface area contributed by atoms with Crippen molar-refractivity contribution in [2.24, 2.45) is 0 Å². The number of nitrogens with zero attached hydrogens (tertiary/aromatic N) is 3. The molecular formula is C15H17N3O3. The highest BCUT2D eigenvalue weighted by Crippen LogP contribution is 2.38. The van der Waals surface area contributed by atoms with Crippen molar-refractivity contribution in [2.45, 2.75) is 25.8 Å². The Hall–Kier alpha value is -2.21. The number of nitro benzene ring substituents is 1. The van der Waals surface area contributed by atoms with Gasteiger partial charge in [0.05, 0.1) is 16.9 Å². The molecule has 1 N–H and O–H groups in total. The summed E-state index contributed by atoms with van der Waals surface area (Å²) in [6.07, 6.45) is 3.77. The molecule has 6 heteroatoms. The molecule has 110 valence electrons. The second-order valence-corrected chi connectivity index (χ2v) is 5.38. The number of aliphatic hydroxyl groups is 1. The van der Waals surface area contributed by atoms with Gasteiger partial charge < -0.3 is 10.0 Å². The number of non-ortho nitro benzene ring substituents is 1. The molecule has 1 aromatic heterocycles. The van der Waals surface area contributed by atoms with E-state index in [0.29, 0.717) is 18.0 Å². The summed E-state index contributed by atoms with van der Waals surface area (Å²) in [5.74, 6) is 0. The first-order valence-electron chi connectivity index (χ1n) is 7.03. The molecule has 1 aromatic carbocycles. The Morgan fingerprint density at radius 3 is 2.81 bits per heavy atom. The van der Waals surface area contributed by atoms with Gasteiger partial charge in [0.1, 0.15) is 0 Å². The summed E-state index contributed by atoms with van der Waals surface area (Å²) in [6, 6.07) is 5.62. The quantitative estimate of drug-likeness (QED) is 0.674. The topological polar surface area (TPSA) is 79.5 Å². The minimum Gasteiger partial charge on any atom is -0.395 e. The van der Waals surface area contributed by atoms with E-state index in [1.54, 1.807) is 12.3 Å². The van der Waals surface area contributed by atoms with Crippen LogP contribution < -0.4 is 4.90 Å². The first-order chi connectivity index (χ1) is 10.1. The zero-order valence-electron chi connectivity index (χ0n) is 11.8. The Balaban J connectivity index is 2.20. The van der Waals surface area contributed by atoms with Gasteiger partial charge in [0.25, 0.3) is 5.69 Å². The minimum absolute atomic E-state index is 0.0685. The molecule has 0 amide bonds. The van der Waals surface area contributed by atoms with Gasteiger partial charge in [-0.3, -0.25) is 15.1 Å². The molecule has 0 spiro atoms. The number of nitro groups is 1. The van der Waals surface area contributed by atoms with Crippen molar-refractivity contribution in [2.75, 3.05) is 18.1 Å². The van der Waals surface area contributed by atoms with Crippen LogP contribution in [0.1, 0.15) is 18.5 Å². The molecule has 0 radical (unpaired) electrons. The highest BCUT2D eigenvalue weighted by Gasteiger charge is 2.30. The van der Waals surface area contributed by atoms with Gasteiger partial charge in [-0.1, -0.05) is 0 Å². The number of aromatic nitrogens is 1. The third-order valence-electron chi connectivity index (χ3n) is 3.83. The fourth-order valence-corrected chi connectivity index (χ4v) is 2.72. The number of aliphatic hydroxyl groups excluding tert-OH is 1. The molecule has 1 saturated carbocycles. The molecule has 3 rings (SSSR count). The van der Waals surface area contributed by atoms with E-state index in [9.17, 15) is 15.2 Å². The average Bonchev–Trinajstić information content (AvgIpc) is 3.28. The normalized spacial score (nSPS) is 14.4. The molecule has 2 aromatic rings. The molecule has 0 aliphatic heterocycles. The molecule has 0 saturated heterocycles. The molecule has 1 heterocycles. The third kappa shape index (κ3) is 2.54. The fraction of sp³-hybridized carbons (Fsp3) is 0.400. The predicted octanol–water partition coefficient (Wildman–Crippen LogP) is 2.41. The van der Waals surface area contributed by atoms with Crippen LogP contribution in [0.15, 0.2) is 24.4 Å². The number of benzene rings is 1. The van der Waals surface area contributed by atoms with E-state index in [-0.39, 0.29) is 17.2 Å². The molecule has 1 fully saturated rings. The smallest absolute Gasteiger partial charge is 0.278 e. The van der Waals surface area contributed by atoms with Crippen molar-refractivity contribution in [3.63, 3.8) is 0 Å². The maximum atomic E-state index is 11.2. The zero-order valence-corrected chi connectivity index (χ0v) is 11.8. The lowest BCUT2D eigenvalue weighted by Crippen LogP contribution is -2.29. The monoisotopic (exact) mass is 287 g/mol. The second kappa shape index (κ2) is 5.29. The molecule has 6 nitrogen and oxygen atoms in total. The highest BCUT2D eigenvalue weighted by molar-refractivity contribution is 6.00. The van der Waals surface area contributed by atoms with Crippen LogP contribution in [0.4, 0.5) is 11.4 Å². The SMILES string of the molecule is Cc1cc2c(N(CCO)C3CC3)ccc([N+](=O)[O-])c2cn1. The van der Waals surface area contributed by atoms with Gasteiger partial charge >= 0.3 is 0 Å². The van der Waals surface area contributed by atoms with E-state index >= 15 is 0 Å². The summed E-state index contributed by atoms with van der Waals surface area (Å²) in [7, 11) is 0. The van der Waals surface area contributed by atoms with Crippen molar-refractivity contribution in [3.05, 3.63) is 40.2 Å². The minimum atomic E-state index is -0.378. The lowest BCUT2D eigenvalue weighted by molar-refractivity contribution is -0.383. The van der Waals surface area contributed by atoms with Gasteiger partial charge in [-0.2, -0.15) is 0 Å². The Kier molecular flexibility index (Phi) is 3.47. The standard InChI is InChI=1S/C15H17N3O3/c1-10-8-12-13(9-16-10)15(18(20)21)5-4-14(12)17(6-7-19)11-2-3-11/h4-5,8-9,11,19H,2-3,6-7H2,1H3. The number of pyridine rings is 1. The number of hydrogen-bond donors (Lipinski definition) is 1.